The molecule has 0 saturated carbocycles. The van der Waals surface area contributed by atoms with Crippen LogP contribution in [-0.4, -0.2) is 27.7 Å². The predicted octanol–water partition coefficient (Wildman–Crippen LogP) is 3.35. The summed E-state index contributed by atoms with van der Waals surface area (Å²) in [5, 5.41) is 0. The second-order valence-electron chi connectivity index (χ2n) is 4.76. The first-order valence-corrected chi connectivity index (χ1v) is 6.73. The molecule has 0 bridgehead atoms. The van der Waals surface area contributed by atoms with Gasteiger partial charge in [0.05, 0.1) is 11.2 Å². The number of hydrogen-bond acceptors (Lipinski definition) is 5. The van der Waals surface area contributed by atoms with Crippen molar-refractivity contribution < 1.29 is 22.3 Å². The van der Waals surface area contributed by atoms with E-state index in [9.17, 15) is 17.6 Å². The lowest BCUT2D eigenvalue weighted by molar-refractivity contribution is -0.0682. The Hall–Kier alpha value is -2.97. The molecule has 0 radical (unpaired) electrons. The van der Waals surface area contributed by atoms with Gasteiger partial charge in [-0.1, -0.05) is 0 Å². The zero-order chi connectivity index (χ0) is 17.3. The minimum Gasteiger partial charge on any atom is -0.435 e. The van der Waals surface area contributed by atoms with Crippen molar-refractivity contribution in [1.29, 1.82) is 0 Å². The molecular weight excluding hydrogens is 328 g/mol. The van der Waals surface area contributed by atoms with Crippen LogP contribution in [0.25, 0.3) is 22.3 Å². The van der Waals surface area contributed by atoms with Crippen LogP contribution in [0.4, 0.5) is 23.5 Å². The van der Waals surface area contributed by atoms with E-state index in [2.05, 4.69) is 19.7 Å². The van der Waals surface area contributed by atoms with Crippen LogP contribution >= 0.6 is 0 Å². The van der Waals surface area contributed by atoms with E-state index in [1.165, 1.54) is 30.3 Å². The smallest absolute Gasteiger partial charge is 0.304 e. The van der Waals surface area contributed by atoms with E-state index in [1.807, 2.05) is 0 Å². The molecule has 2 N–H and O–H groups in total. The Morgan fingerprint density at radius 3 is 2.29 bits per heavy atom. The van der Waals surface area contributed by atoms with Gasteiger partial charge >= 0.3 is 6.43 Å². The molecule has 0 saturated heterocycles. The van der Waals surface area contributed by atoms with Gasteiger partial charge in [-0.05, 0) is 36.4 Å². The number of alkyl halides is 3. The average Bonchev–Trinajstić information content (AvgIpc) is 2.55. The molecule has 0 spiro atoms. The Labute approximate surface area is 133 Å². The standard InChI is InChI=1S/C15H10F4N4O/c16-8-3-1-7(2-4-8)9-5-6-10-11(21-9)14(23-15(20)22-10)24-13(19)12(17)18/h1-6,12-13H,(H2,20,22,23). The molecule has 0 fully saturated rings. The molecule has 0 aliphatic carbocycles. The maximum Gasteiger partial charge on any atom is 0.304 e. The van der Waals surface area contributed by atoms with Gasteiger partial charge in [0.25, 0.3) is 6.36 Å². The van der Waals surface area contributed by atoms with E-state index in [0.29, 0.717) is 11.3 Å². The molecule has 1 aromatic carbocycles. The molecular formula is C15H10F4N4O. The van der Waals surface area contributed by atoms with Crippen LogP contribution in [0.2, 0.25) is 0 Å². The highest BCUT2D eigenvalue weighted by Crippen LogP contribution is 2.27. The SMILES string of the molecule is Nc1nc(OC(F)C(F)F)c2nc(-c3ccc(F)cc3)ccc2n1. The molecule has 3 rings (SSSR count). The third-order valence-corrected chi connectivity index (χ3v) is 3.09. The Balaban J connectivity index is 2.09. The summed E-state index contributed by atoms with van der Waals surface area (Å²) in [7, 11) is 0. The summed E-state index contributed by atoms with van der Waals surface area (Å²) in [5.41, 5.74) is 6.57. The zero-order valence-electron chi connectivity index (χ0n) is 12.0. The number of pyridine rings is 1. The number of aromatic nitrogens is 3. The first-order valence-electron chi connectivity index (χ1n) is 6.73. The van der Waals surface area contributed by atoms with Crippen molar-refractivity contribution in [3.8, 4) is 17.1 Å². The fourth-order valence-corrected chi connectivity index (χ4v) is 2.03. The van der Waals surface area contributed by atoms with E-state index >= 15 is 0 Å². The number of nitrogens with zero attached hydrogens (tertiary/aromatic N) is 3. The second kappa shape index (κ2) is 6.26. The molecule has 0 amide bonds. The summed E-state index contributed by atoms with van der Waals surface area (Å²) in [6.07, 6.45) is -6.23. The van der Waals surface area contributed by atoms with Gasteiger partial charge in [-0.25, -0.2) is 23.1 Å². The first-order chi connectivity index (χ1) is 11.4. The number of rotatable bonds is 4. The van der Waals surface area contributed by atoms with Gasteiger partial charge in [0.1, 0.15) is 5.82 Å². The molecule has 2 heterocycles. The third kappa shape index (κ3) is 3.19. The van der Waals surface area contributed by atoms with Crippen molar-refractivity contribution in [2.75, 3.05) is 5.73 Å². The largest absolute Gasteiger partial charge is 0.435 e. The van der Waals surface area contributed by atoms with Crippen molar-refractivity contribution in [1.82, 2.24) is 15.0 Å². The topological polar surface area (TPSA) is 73.9 Å². The number of hydrogen-bond donors (Lipinski definition) is 1. The molecule has 24 heavy (non-hydrogen) atoms. The predicted molar refractivity (Wildman–Crippen MR) is 78.7 cm³/mol. The average molecular weight is 338 g/mol. The summed E-state index contributed by atoms with van der Waals surface area (Å²) >= 11 is 0. The monoisotopic (exact) mass is 338 g/mol. The van der Waals surface area contributed by atoms with Crippen LogP contribution in [0.1, 0.15) is 0 Å². The van der Waals surface area contributed by atoms with Gasteiger partial charge in [0, 0.05) is 5.56 Å². The Kier molecular flexibility index (Phi) is 4.15. The van der Waals surface area contributed by atoms with Crippen LogP contribution in [0.3, 0.4) is 0 Å². The van der Waals surface area contributed by atoms with Crippen molar-refractivity contribution >= 4 is 17.0 Å². The van der Waals surface area contributed by atoms with E-state index in [0.717, 1.165) is 0 Å². The summed E-state index contributed by atoms with van der Waals surface area (Å²) in [4.78, 5) is 11.7. The van der Waals surface area contributed by atoms with E-state index < -0.39 is 24.5 Å². The fourth-order valence-electron chi connectivity index (χ4n) is 2.03. The molecule has 0 aliphatic heterocycles. The molecule has 0 aliphatic rings. The molecule has 9 heteroatoms. The molecule has 1 unspecified atom stereocenters. The summed E-state index contributed by atoms with van der Waals surface area (Å²) < 4.78 is 55.4. The summed E-state index contributed by atoms with van der Waals surface area (Å²) in [6.45, 7) is 0. The number of halogens is 4. The number of benzene rings is 1. The fraction of sp³-hybridized carbons (Fsp3) is 0.133. The van der Waals surface area contributed by atoms with Gasteiger partial charge in [0.2, 0.25) is 11.8 Å². The second-order valence-corrected chi connectivity index (χ2v) is 4.76. The number of fused-ring (bicyclic) bond motifs is 1. The normalized spacial score (nSPS) is 12.5. The van der Waals surface area contributed by atoms with Gasteiger partial charge < -0.3 is 10.5 Å². The molecule has 124 valence electrons. The van der Waals surface area contributed by atoms with Crippen LogP contribution < -0.4 is 10.5 Å². The lowest BCUT2D eigenvalue weighted by Gasteiger charge is -2.12. The van der Waals surface area contributed by atoms with Gasteiger partial charge in [-0.3, -0.25) is 0 Å². The van der Waals surface area contributed by atoms with E-state index in [1.54, 1.807) is 6.07 Å². The number of anilines is 1. The summed E-state index contributed by atoms with van der Waals surface area (Å²) in [6, 6.07) is 8.53. The van der Waals surface area contributed by atoms with Crippen molar-refractivity contribution in [2.24, 2.45) is 0 Å². The third-order valence-electron chi connectivity index (χ3n) is 3.09. The van der Waals surface area contributed by atoms with Crippen LogP contribution in [-0.2, 0) is 0 Å². The van der Waals surface area contributed by atoms with Gasteiger partial charge in [0.15, 0.2) is 5.52 Å². The molecule has 2 aromatic heterocycles. The lowest BCUT2D eigenvalue weighted by Crippen LogP contribution is -2.20. The van der Waals surface area contributed by atoms with Crippen molar-refractivity contribution in [2.45, 2.75) is 12.8 Å². The van der Waals surface area contributed by atoms with E-state index in [4.69, 9.17) is 5.73 Å². The van der Waals surface area contributed by atoms with E-state index in [-0.39, 0.29) is 17.0 Å². The minimum absolute atomic E-state index is 0.0330. The summed E-state index contributed by atoms with van der Waals surface area (Å²) in [5.74, 6) is -1.18. The van der Waals surface area contributed by atoms with Gasteiger partial charge in [-0.15, -0.1) is 0 Å². The Morgan fingerprint density at radius 2 is 1.62 bits per heavy atom. The molecule has 5 nitrogen and oxygen atoms in total. The highest BCUT2D eigenvalue weighted by Gasteiger charge is 2.23. The van der Waals surface area contributed by atoms with Gasteiger partial charge in [-0.2, -0.15) is 9.37 Å². The Bertz CT molecular complexity index is 873. The highest BCUT2D eigenvalue weighted by atomic mass is 19.3. The maximum atomic E-state index is 13.2. The first kappa shape index (κ1) is 15.9. The molecule has 3 aromatic rings. The number of nitrogen functional groups attached to an aromatic ring is 1. The quantitative estimate of drug-likeness (QED) is 0.739. The minimum atomic E-state index is -3.35. The van der Waals surface area contributed by atoms with Crippen molar-refractivity contribution in [3.05, 3.63) is 42.2 Å². The van der Waals surface area contributed by atoms with Crippen LogP contribution in [0.5, 0.6) is 5.88 Å². The van der Waals surface area contributed by atoms with Crippen LogP contribution in [0, 0.1) is 5.82 Å². The molecule has 1 atom stereocenters. The number of ether oxygens (including phenoxy) is 1. The Morgan fingerprint density at radius 1 is 0.917 bits per heavy atom. The lowest BCUT2D eigenvalue weighted by atomic mass is 10.1. The zero-order valence-corrected chi connectivity index (χ0v) is 12.0. The van der Waals surface area contributed by atoms with Crippen molar-refractivity contribution in [3.63, 3.8) is 0 Å². The van der Waals surface area contributed by atoms with Crippen LogP contribution in [0.15, 0.2) is 36.4 Å². The number of nitrogens with two attached hydrogens (primary N) is 1. The highest BCUT2D eigenvalue weighted by molar-refractivity contribution is 5.83. The maximum absolute atomic E-state index is 13.2.